The third kappa shape index (κ3) is 3.51. The summed E-state index contributed by atoms with van der Waals surface area (Å²) in [6, 6.07) is 15.0. The Balaban J connectivity index is 1.42. The molecular formula is C21H21N3O4. The van der Waals surface area contributed by atoms with Crippen molar-refractivity contribution < 1.29 is 19.4 Å². The van der Waals surface area contributed by atoms with E-state index in [0.29, 0.717) is 6.67 Å². The lowest BCUT2D eigenvalue weighted by atomic mass is 9.98. The zero-order chi connectivity index (χ0) is 19.5. The van der Waals surface area contributed by atoms with Gasteiger partial charge in [-0.05, 0) is 22.3 Å². The number of benzene rings is 2. The Morgan fingerprint density at radius 1 is 1.11 bits per heavy atom. The number of fused-ring (bicyclic) bond motifs is 3. The van der Waals surface area contributed by atoms with Crippen molar-refractivity contribution in [2.24, 2.45) is 0 Å². The predicted molar refractivity (Wildman–Crippen MR) is 103 cm³/mol. The lowest BCUT2D eigenvalue weighted by molar-refractivity contribution is -0.139. The Hall–Kier alpha value is -3.48. The van der Waals surface area contributed by atoms with E-state index in [9.17, 15) is 14.7 Å². The third-order valence-corrected chi connectivity index (χ3v) is 5.05. The summed E-state index contributed by atoms with van der Waals surface area (Å²) in [5.74, 6) is -1.17. The highest BCUT2D eigenvalue weighted by atomic mass is 16.5. The van der Waals surface area contributed by atoms with Crippen LogP contribution < -0.4 is 16.0 Å². The van der Waals surface area contributed by atoms with E-state index in [-0.39, 0.29) is 18.9 Å². The van der Waals surface area contributed by atoms with E-state index in [0.717, 1.165) is 28.0 Å². The van der Waals surface area contributed by atoms with Crippen LogP contribution in [0, 0.1) is 0 Å². The molecule has 2 aromatic carbocycles. The SMILES string of the molecule is O=C(N[C@@H](CC1=CNCN1)C(=O)O)OCC1c2ccccc2-c2ccccc21. The molecule has 144 valence electrons. The van der Waals surface area contributed by atoms with E-state index in [1.807, 2.05) is 36.4 Å². The molecule has 0 aromatic heterocycles. The molecule has 1 heterocycles. The van der Waals surface area contributed by atoms with Crippen molar-refractivity contribution >= 4 is 12.1 Å². The minimum Gasteiger partial charge on any atom is -0.480 e. The monoisotopic (exact) mass is 379 g/mol. The number of carbonyl (C=O) groups excluding carboxylic acids is 1. The summed E-state index contributed by atoms with van der Waals surface area (Å²) >= 11 is 0. The second kappa shape index (κ2) is 7.64. The molecule has 0 saturated heterocycles. The Labute approximate surface area is 162 Å². The van der Waals surface area contributed by atoms with Gasteiger partial charge in [-0.3, -0.25) is 0 Å². The van der Waals surface area contributed by atoms with E-state index in [1.165, 1.54) is 0 Å². The summed E-state index contributed by atoms with van der Waals surface area (Å²) in [4.78, 5) is 23.7. The second-order valence-corrected chi connectivity index (χ2v) is 6.79. The van der Waals surface area contributed by atoms with Crippen LogP contribution in [0.5, 0.6) is 0 Å². The molecule has 1 atom stereocenters. The number of hydrogen-bond donors (Lipinski definition) is 4. The van der Waals surface area contributed by atoms with E-state index in [1.54, 1.807) is 6.20 Å². The summed E-state index contributed by atoms with van der Waals surface area (Å²) in [5, 5.41) is 17.8. The van der Waals surface area contributed by atoms with Gasteiger partial charge in [0.15, 0.2) is 0 Å². The molecule has 1 aliphatic heterocycles. The molecule has 4 rings (SSSR count). The lowest BCUT2D eigenvalue weighted by Gasteiger charge is -2.17. The first-order chi connectivity index (χ1) is 13.6. The maximum Gasteiger partial charge on any atom is 0.407 e. The van der Waals surface area contributed by atoms with E-state index in [4.69, 9.17) is 4.74 Å². The van der Waals surface area contributed by atoms with Crippen LogP contribution in [0.4, 0.5) is 4.79 Å². The molecule has 1 amide bonds. The standard InChI is InChI=1S/C21H21N3O4/c25-20(26)19(9-13-10-22-12-23-13)24-21(27)28-11-18-16-7-3-1-5-14(16)15-6-2-4-8-17(15)18/h1-8,10,18-19,22-23H,9,11-12H2,(H,24,27)(H,25,26)/t19-/m0/s1. The Bertz CT molecular complexity index is 895. The summed E-state index contributed by atoms with van der Waals surface area (Å²) < 4.78 is 5.42. The van der Waals surface area contributed by atoms with Crippen molar-refractivity contribution in [1.29, 1.82) is 0 Å². The van der Waals surface area contributed by atoms with Crippen LogP contribution in [0.2, 0.25) is 0 Å². The van der Waals surface area contributed by atoms with Gasteiger partial charge >= 0.3 is 12.1 Å². The van der Waals surface area contributed by atoms with Crippen LogP contribution in [-0.2, 0) is 9.53 Å². The number of rotatable bonds is 6. The zero-order valence-electron chi connectivity index (χ0n) is 15.1. The van der Waals surface area contributed by atoms with Crippen molar-refractivity contribution in [2.45, 2.75) is 18.4 Å². The van der Waals surface area contributed by atoms with Gasteiger partial charge in [0.1, 0.15) is 12.6 Å². The van der Waals surface area contributed by atoms with Crippen LogP contribution in [-0.4, -0.2) is 36.5 Å². The van der Waals surface area contributed by atoms with Crippen molar-refractivity contribution in [3.8, 4) is 11.1 Å². The molecule has 0 bridgehead atoms. The molecular weight excluding hydrogens is 358 g/mol. The van der Waals surface area contributed by atoms with Crippen LogP contribution in [0.15, 0.2) is 60.4 Å². The number of nitrogens with one attached hydrogen (secondary N) is 3. The largest absolute Gasteiger partial charge is 0.480 e. The number of alkyl carbamates (subject to hydrolysis) is 1. The molecule has 0 radical (unpaired) electrons. The van der Waals surface area contributed by atoms with Gasteiger partial charge in [-0.25, -0.2) is 9.59 Å². The number of carbonyl (C=O) groups is 2. The molecule has 28 heavy (non-hydrogen) atoms. The Morgan fingerprint density at radius 3 is 2.32 bits per heavy atom. The second-order valence-electron chi connectivity index (χ2n) is 6.79. The molecule has 4 N–H and O–H groups in total. The van der Waals surface area contributed by atoms with Crippen LogP contribution in [0.3, 0.4) is 0 Å². The highest BCUT2D eigenvalue weighted by Crippen LogP contribution is 2.44. The molecule has 1 aliphatic carbocycles. The van der Waals surface area contributed by atoms with Gasteiger partial charge in [-0.15, -0.1) is 0 Å². The maximum absolute atomic E-state index is 12.3. The predicted octanol–water partition coefficient (Wildman–Crippen LogP) is 2.36. The summed E-state index contributed by atoms with van der Waals surface area (Å²) in [7, 11) is 0. The molecule has 0 saturated carbocycles. The van der Waals surface area contributed by atoms with Gasteiger partial charge in [0, 0.05) is 24.2 Å². The normalized spacial score (nSPS) is 15.5. The molecule has 2 aliphatic rings. The van der Waals surface area contributed by atoms with Crippen molar-refractivity contribution in [1.82, 2.24) is 16.0 Å². The van der Waals surface area contributed by atoms with Crippen molar-refractivity contribution in [3.63, 3.8) is 0 Å². The molecule has 7 nitrogen and oxygen atoms in total. The smallest absolute Gasteiger partial charge is 0.407 e. The highest BCUT2D eigenvalue weighted by Gasteiger charge is 2.30. The first kappa shape index (κ1) is 17.9. The fourth-order valence-corrected chi connectivity index (χ4v) is 3.72. The summed E-state index contributed by atoms with van der Waals surface area (Å²) in [6.07, 6.45) is 1.13. The minimum atomic E-state index is -1.11. The zero-order valence-corrected chi connectivity index (χ0v) is 15.1. The average molecular weight is 379 g/mol. The van der Waals surface area contributed by atoms with Crippen LogP contribution in [0.25, 0.3) is 11.1 Å². The van der Waals surface area contributed by atoms with Crippen molar-refractivity contribution in [2.75, 3.05) is 13.3 Å². The molecule has 0 spiro atoms. The van der Waals surface area contributed by atoms with Gasteiger partial charge < -0.3 is 25.8 Å². The van der Waals surface area contributed by atoms with Gasteiger partial charge in [0.2, 0.25) is 0 Å². The Morgan fingerprint density at radius 2 is 1.75 bits per heavy atom. The fourth-order valence-electron chi connectivity index (χ4n) is 3.72. The van der Waals surface area contributed by atoms with Gasteiger partial charge in [-0.1, -0.05) is 48.5 Å². The van der Waals surface area contributed by atoms with Gasteiger partial charge in [0.25, 0.3) is 0 Å². The quantitative estimate of drug-likeness (QED) is 0.615. The number of hydrogen-bond acceptors (Lipinski definition) is 5. The number of amides is 1. The van der Waals surface area contributed by atoms with E-state index >= 15 is 0 Å². The number of carboxylic acids is 1. The third-order valence-electron chi connectivity index (χ3n) is 5.05. The number of carboxylic acid groups (broad SMARTS) is 1. The van der Waals surface area contributed by atoms with Crippen LogP contribution >= 0.6 is 0 Å². The topological polar surface area (TPSA) is 99.7 Å². The first-order valence-electron chi connectivity index (χ1n) is 9.14. The van der Waals surface area contributed by atoms with Gasteiger partial charge in [0.05, 0.1) is 6.67 Å². The maximum atomic E-state index is 12.3. The molecule has 0 unspecified atom stereocenters. The highest BCUT2D eigenvalue weighted by molar-refractivity contribution is 5.81. The minimum absolute atomic E-state index is 0.0650. The molecule has 7 heteroatoms. The fraction of sp³-hybridized carbons (Fsp3) is 0.238. The van der Waals surface area contributed by atoms with Gasteiger partial charge in [-0.2, -0.15) is 0 Å². The van der Waals surface area contributed by atoms with Crippen molar-refractivity contribution in [3.05, 3.63) is 71.6 Å². The average Bonchev–Trinajstić information content (AvgIpc) is 3.32. The molecule has 0 fully saturated rings. The Kier molecular flexibility index (Phi) is 4.89. The summed E-state index contributed by atoms with van der Waals surface area (Å²) in [5.41, 5.74) is 5.23. The lowest BCUT2D eigenvalue weighted by Crippen LogP contribution is -2.42. The number of ether oxygens (including phenoxy) is 1. The number of aliphatic carboxylic acids is 1. The van der Waals surface area contributed by atoms with E-state index < -0.39 is 18.1 Å². The molecule has 2 aromatic rings. The van der Waals surface area contributed by atoms with Crippen LogP contribution in [0.1, 0.15) is 23.5 Å². The summed E-state index contributed by atoms with van der Waals surface area (Å²) in [6.45, 7) is 0.696. The first-order valence-corrected chi connectivity index (χ1v) is 9.14. The van der Waals surface area contributed by atoms with E-state index in [2.05, 4.69) is 28.1 Å².